The summed E-state index contributed by atoms with van der Waals surface area (Å²) >= 11 is 0. The molecule has 4 aromatic heterocycles. The number of anilines is 1. The number of rotatable bonds is 5. The van der Waals surface area contributed by atoms with Crippen molar-refractivity contribution >= 4 is 27.6 Å². The Hall–Kier alpha value is -3.71. The molecular weight excluding hydrogens is 424 g/mol. The molecule has 172 valence electrons. The monoisotopic (exact) mass is 452 g/mol. The van der Waals surface area contributed by atoms with Gasteiger partial charge in [0.25, 0.3) is 0 Å². The molecular formula is C27H28N6O. The second kappa shape index (κ2) is 8.57. The van der Waals surface area contributed by atoms with Gasteiger partial charge >= 0.3 is 0 Å². The van der Waals surface area contributed by atoms with Gasteiger partial charge in [-0.1, -0.05) is 25.1 Å². The summed E-state index contributed by atoms with van der Waals surface area (Å²) in [6.45, 7) is 5.69. The lowest BCUT2D eigenvalue weighted by atomic mass is 10.0. The predicted molar refractivity (Wildman–Crippen MR) is 135 cm³/mol. The third-order valence-corrected chi connectivity index (χ3v) is 6.92. The SMILES string of the molecule is CCCN1CCC(n2cc(-c3cnc(N)c4oc(-c5cccc6cnccc56)cc34)cn2)CC1. The van der Waals surface area contributed by atoms with E-state index in [0.717, 1.165) is 64.5 Å². The third kappa shape index (κ3) is 3.62. The summed E-state index contributed by atoms with van der Waals surface area (Å²) in [5.74, 6) is 1.16. The summed E-state index contributed by atoms with van der Waals surface area (Å²) < 4.78 is 8.40. The number of hydrogen-bond donors (Lipinski definition) is 1. The standard InChI is InChI=1S/C27H28N6O/c1-2-10-32-11-7-20(8-12-32)33-17-19(15-31-33)24-16-30-27(28)26-23(24)13-25(34-26)22-5-3-4-18-14-29-9-6-21(18)22/h3-6,9,13-17,20H,2,7-8,10-12H2,1H3,(H2,28,30). The van der Waals surface area contributed by atoms with Gasteiger partial charge in [-0.05, 0) is 43.3 Å². The molecule has 34 heavy (non-hydrogen) atoms. The number of hydrogen-bond acceptors (Lipinski definition) is 6. The van der Waals surface area contributed by atoms with Crippen molar-refractivity contribution in [1.82, 2.24) is 24.6 Å². The average molecular weight is 453 g/mol. The van der Waals surface area contributed by atoms with Gasteiger partial charge in [-0.2, -0.15) is 5.10 Å². The average Bonchev–Trinajstić information content (AvgIpc) is 3.53. The van der Waals surface area contributed by atoms with Crippen LogP contribution in [-0.2, 0) is 0 Å². The van der Waals surface area contributed by atoms with Crippen LogP contribution >= 0.6 is 0 Å². The molecule has 0 spiro atoms. The van der Waals surface area contributed by atoms with E-state index in [0.29, 0.717) is 17.4 Å². The van der Waals surface area contributed by atoms with Crippen LogP contribution in [0.4, 0.5) is 5.82 Å². The Morgan fingerprint density at radius 1 is 1.06 bits per heavy atom. The number of piperidine rings is 1. The number of benzene rings is 1. The quantitative estimate of drug-likeness (QED) is 0.377. The third-order valence-electron chi connectivity index (χ3n) is 6.92. The second-order valence-corrected chi connectivity index (χ2v) is 9.09. The molecule has 7 nitrogen and oxygen atoms in total. The minimum atomic E-state index is 0.391. The fraction of sp³-hybridized carbons (Fsp3) is 0.296. The van der Waals surface area contributed by atoms with Crippen molar-refractivity contribution in [2.45, 2.75) is 32.2 Å². The first-order valence-electron chi connectivity index (χ1n) is 12.0. The lowest BCUT2D eigenvalue weighted by Gasteiger charge is -2.31. The number of nitrogen functional groups attached to an aromatic ring is 1. The molecule has 0 radical (unpaired) electrons. The highest BCUT2D eigenvalue weighted by Gasteiger charge is 2.22. The molecule has 1 saturated heterocycles. The van der Waals surface area contributed by atoms with Gasteiger partial charge in [0.1, 0.15) is 5.76 Å². The van der Waals surface area contributed by atoms with Crippen LogP contribution in [-0.4, -0.2) is 44.3 Å². The number of pyridine rings is 2. The van der Waals surface area contributed by atoms with Crippen molar-refractivity contribution in [3.05, 3.63) is 61.3 Å². The molecule has 1 fully saturated rings. The van der Waals surface area contributed by atoms with E-state index in [2.05, 4.69) is 50.9 Å². The van der Waals surface area contributed by atoms with Crippen molar-refractivity contribution in [2.24, 2.45) is 0 Å². The van der Waals surface area contributed by atoms with Crippen molar-refractivity contribution in [3.8, 4) is 22.5 Å². The van der Waals surface area contributed by atoms with Gasteiger partial charge in [-0.25, -0.2) is 4.98 Å². The molecule has 7 heteroatoms. The summed E-state index contributed by atoms with van der Waals surface area (Å²) in [5, 5.41) is 7.83. The molecule has 1 aliphatic rings. The Kier molecular flexibility index (Phi) is 5.26. The van der Waals surface area contributed by atoms with E-state index in [9.17, 15) is 0 Å². The van der Waals surface area contributed by atoms with Crippen molar-refractivity contribution in [3.63, 3.8) is 0 Å². The molecule has 5 aromatic rings. The number of likely N-dealkylation sites (tertiary alicyclic amines) is 1. The van der Waals surface area contributed by atoms with Crippen LogP contribution in [0.1, 0.15) is 32.2 Å². The van der Waals surface area contributed by atoms with Gasteiger partial charge in [0, 0.05) is 65.3 Å². The highest BCUT2D eigenvalue weighted by molar-refractivity contribution is 6.03. The summed E-state index contributed by atoms with van der Waals surface area (Å²) in [6, 6.07) is 10.6. The smallest absolute Gasteiger partial charge is 0.177 e. The highest BCUT2D eigenvalue weighted by Crippen LogP contribution is 2.38. The van der Waals surface area contributed by atoms with Crippen LogP contribution in [0.5, 0.6) is 0 Å². The number of aromatic nitrogens is 4. The minimum Gasteiger partial charge on any atom is -0.452 e. The fourth-order valence-electron chi connectivity index (χ4n) is 5.14. The second-order valence-electron chi connectivity index (χ2n) is 9.09. The maximum atomic E-state index is 6.27. The Balaban J connectivity index is 1.37. The lowest BCUT2D eigenvalue weighted by molar-refractivity contribution is 0.180. The zero-order valence-electron chi connectivity index (χ0n) is 19.3. The van der Waals surface area contributed by atoms with E-state index in [4.69, 9.17) is 15.2 Å². The topological polar surface area (TPSA) is 86.0 Å². The van der Waals surface area contributed by atoms with Gasteiger partial charge in [0.2, 0.25) is 0 Å². The van der Waals surface area contributed by atoms with Crippen molar-refractivity contribution < 1.29 is 4.42 Å². The summed E-state index contributed by atoms with van der Waals surface area (Å²) in [5.41, 5.74) is 9.86. The van der Waals surface area contributed by atoms with E-state index >= 15 is 0 Å². The molecule has 1 aromatic carbocycles. The Labute approximate surface area is 198 Å². The molecule has 6 rings (SSSR count). The van der Waals surface area contributed by atoms with Gasteiger partial charge in [-0.3, -0.25) is 9.67 Å². The Bertz CT molecular complexity index is 1460. The van der Waals surface area contributed by atoms with E-state index in [1.54, 1.807) is 6.20 Å². The zero-order valence-corrected chi connectivity index (χ0v) is 19.3. The molecule has 5 heterocycles. The molecule has 1 aliphatic heterocycles. The molecule has 0 saturated carbocycles. The van der Waals surface area contributed by atoms with Crippen LogP contribution in [0.25, 0.3) is 44.2 Å². The maximum Gasteiger partial charge on any atom is 0.177 e. The van der Waals surface area contributed by atoms with Crippen LogP contribution in [0.15, 0.2) is 65.7 Å². The van der Waals surface area contributed by atoms with Crippen LogP contribution < -0.4 is 5.73 Å². The molecule has 2 N–H and O–H groups in total. The van der Waals surface area contributed by atoms with Gasteiger partial charge in [0.05, 0.1) is 12.2 Å². The lowest BCUT2D eigenvalue weighted by Crippen LogP contribution is -2.35. The van der Waals surface area contributed by atoms with Crippen molar-refractivity contribution in [1.29, 1.82) is 0 Å². The predicted octanol–water partition coefficient (Wildman–Crippen LogP) is 5.54. The Morgan fingerprint density at radius 3 is 2.79 bits per heavy atom. The number of nitrogens with zero attached hydrogens (tertiary/aromatic N) is 5. The first-order chi connectivity index (χ1) is 16.7. The first-order valence-corrected chi connectivity index (χ1v) is 12.0. The summed E-state index contributed by atoms with van der Waals surface area (Å²) in [4.78, 5) is 11.2. The summed E-state index contributed by atoms with van der Waals surface area (Å²) in [6.07, 6.45) is 13.0. The maximum absolute atomic E-state index is 6.27. The van der Waals surface area contributed by atoms with Crippen LogP contribution in [0.2, 0.25) is 0 Å². The van der Waals surface area contributed by atoms with Gasteiger partial charge in [0.15, 0.2) is 11.4 Å². The van der Waals surface area contributed by atoms with Crippen LogP contribution in [0, 0.1) is 0 Å². The Morgan fingerprint density at radius 2 is 1.94 bits per heavy atom. The molecule has 0 amide bonds. The van der Waals surface area contributed by atoms with Gasteiger partial charge in [-0.15, -0.1) is 0 Å². The number of fused-ring (bicyclic) bond motifs is 2. The minimum absolute atomic E-state index is 0.391. The van der Waals surface area contributed by atoms with Gasteiger partial charge < -0.3 is 15.1 Å². The summed E-state index contributed by atoms with van der Waals surface area (Å²) in [7, 11) is 0. The fourth-order valence-corrected chi connectivity index (χ4v) is 5.14. The molecule has 0 bridgehead atoms. The van der Waals surface area contributed by atoms with E-state index in [-0.39, 0.29) is 0 Å². The number of furan rings is 1. The highest BCUT2D eigenvalue weighted by atomic mass is 16.3. The zero-order chi connectivity index (χ0) is 23.1. The van der Waals surface area contributed by atoms with E-state index in [1.165, 1.54) is 13.0 Å². The molecule has 0 aliphatic carbocycles. The molecule has 0 atom stereocenters. The van der Waals surface area contributed by atoms with Crippen molar-refractivity contribution in [2.75, 3.05) is 25.4 Å². The number of nitrogens with two attached hydrogens (primary N) is 1. The largest absolute Gasteiger partial charge is 0.452 e. The van der Waals surface area contributed by atoms with E-state index < -0.39 is 0 Å². The van der Waals surface area contributed by atoms with E-state index in [1.807, 2.05) is 30.7 Å². The normalized spacial score (nSPS) is 15.4. The molecule has 0 unspecified atom stereocenters. The van der Waals surface area contributed by atoms with Crippen LogP contribution in [0.3, 0.4) is 0 Å². The first kappa shape index (κ1) is 20.9.